The average Bonchev–Trinajstić information content (AvgIpc) is 2.98. The third kappa shape index (κ3) is 2.66. The summed E-state index contributed by atoms with van der Waals surface area (Å²) in [5.74, 6) is -0.759. The van der Waals surface area contributed by atoms with Crippen LogP contribution < -0.4 is 5.32 Å². The van der Waals surface area contributed by atoms with Crippen LogP contribution in [0.2, 0.25) is 0 Å². The van der Waals surface area contributed by atoms with Gasteiger partial charge in [-0.25, -0.2) is 4.39 Å². The quantitative estimate of drug-likeness (QED) is 0.847. The van der Waals surface area contributed by atoms with Crippen molar-refractivity contribution >= 4 is 5.91 Å². The number of carbonyl (C=O) groups is 1. The van der Waals surface area contributed by atoms with E-state index >= 15 is 0 Å². The van der Waals surface area contributed by atoms with Crippen LogP contribution in [0, 0.1) is 5.82 Å². The van der Waals surface area contributed by atoms with Crippen molar-refractivity contribution in [2.75, 3.05) is 39.3 Å². The average molecular weight is 278 g/mol. The van der Waals surface area contributed by atoms with Crippen molar-refractivity contribution in [1.29, 1.82) is 0 Å². The second-order valence-corrected chi connectivity index (χ2v) is 5.34. The molecule has 1 aromatic heterocycles. The molecule has 0 aromatic carbocycles. The number of halogens is 1. The van der Waals surface area contributed by atoms with Crippen LogP contribution in [0.25, 0.3) is 0 Å². The zero-order valence-corrected chi connectivity index (χ0v) is 11.4. The van der Waals surface area contributed by atoms with Gasteiger partial charge in [0.2, 0.25) is 0 Å². The van der Waals surface area contributed by atoms with E-state index in [1.165, 1.54) is 12.3 Å². The van der Waals surface area contributed by atoms with Gasteiger partial charge in [-0.2, -0.15) is 0 Å². The molecule has 5 nitrogen and oxygen atoms in total. The Kier molecular flexibility index (Phi) is 3.93. The minimum atomic E-state index is -0.539. The fourth-order valence-corrected chi connectivity index (χ4v) is 2.99. The predicted molar refractivity (Wildman–Crippen MR) is 72.9 cm³/mol. The standard InChI is InChI=1S/C14H19FN4O/c15-13-9-17-3-1-12(13)14(20)19-6-2-11(10-19)18-7-4-16-5-8-18/h1,3,9,11,16H,2,4-8,10H2. The SMILES string of the molecule is O=C(c1ccncc1F)N1CCC(N2CCNCC2)C1. The summed E-state index contributed by atoms with van der Waals surface area (Å²) in [5.41, 5.74) is 0.126. The Morgan fingerprint density at radius 3 is 2.90 bits per heavy atom. The summed E-state index contributed by atoms with van der Waals surface area (Å²) in [7, 11) is 0. The number of hydrogen-bond donors (Lipinski definition) is 1. The van der Waals surface area contributed by atoms with E-state index in [0.29, 0.717) is 19.1 Å². The second-order valence-electron chi connectivity index (χ2n) is 5.34. The number of amides is 1. The van der Waals surface area contributed by atoms with Gasteiger partial charge in [0.25, 0.3) is 5.91 Å². The van der Waals surface area contributed by atoms with Crippen molar-refractivity contribution < 1.29 is 9.18 Å². The molecule has 108 valence electrons. The fourth-order valence-electron chi connectivity index (χ4n) is 2.99. The van der Waals surface area contributed by atoms with E-state index in [0.717, 1.165) is 38.8 Å². The molecule has 0 saturated carbocycles. The highest BCUT2D eigenvalue weighted by Crippen LogP contribution is 2.19. The van der Waals surface area contributed by atoms with Crippen molar-refractivity contribution in [3.63, 3.8) is 0 Å². The first kappa shape index (κ1) is 13.5. The Morgan fingerprint density at radius 2 is 2.15 bits per heavy atom. The number of pyridine rings is 1. The van der Waals surface area contributed by atoms with E-state index in [4.69, 9.17) is 0 Å². The molecule has 20 heavy (non-hydrogen) atoms. The molecule has 6 heteroatoms. The highest BCUT2D eigenvalue weighted by molar-refractivity contribution is 5.94. The molecular formula is C14H19FN4O. The zero-order valence-electron chi connectivity index (χ0n) is 11.4. The van der Waals surface area contributed by atoms with E-state index in [9.17, 15) is 9.18 Å². The molecule has 1 amide bonds. The van der Waals surface area contributed by atoms with Gasteiger partial charge in [0.1, 0.15) is 0 Å². The van der Waals surface area contributed by atoms with Gasteiger partial charge >= 0.3 is 0 Å². The largest absolute Gasteiger partial charge is 0.337 e. The second kappa shape index (κ2) is 5.85. The van der Waals surface area contributed by atoms with Gasteiger partial charge in [-0.15, -0.1) is 0 Å². The van der Waals surface area contributed by atoms with E-state index < -0.39 is 5.82 Å². The number of carbonyl (C=O) groups excluding carboxylic acids is 1. The minimum absolute atomic E-state index is 0.126. The molecule has 0 bridgehead atoms. The number of nitrogens with zero attached hydrogens (tertiary/aromatic N) is 3. The summed E-state index contributed by atoms with van der Waals surface area (Å²) in [6.07, 6.45) is 3.52. The van der Waals surface area contributed by atoms with Crippen molar-refractivity contribution in [2.24, 2.45) is 0 Å². The zero-order chi connectivity index (χ0) is 13.9. The lowest BCUT2D eigenvalue weighted by Crippen LogP contribution is -2.49. The molecular weight excluding hydrogens is 259 g/mol. The summed E-state index contributed by atoms with van der Waals surface area (Å²) in [5, 5.41) is 3.33. The number of hydrogen-bond acceptors (Lipinski definition) is 4. The smallest absolute Gasteiger partial charge is 0.256 e. The van der Waals surface area contributed by atoms with Crippen molar-refractivity contribution in [3.8, 4) is 0 Å². The number of piperazine rings is 1. The Hall–Kier alpha value is -1.53. The van der Waals surface area contributed by atoms with Crippen LogP contribution in [0.3, 0.4) is 0 Å². The molecule has 0 spiro atoms. The van der Waals surface area contributed by atoms with E-state index in [1.807, 2.05) is 0 Å². The van der Waals surface area contributed by atoms with Crippen molar-refractivity contribution in [1.82, 2.24) is 20.1 Å². The van der Waals surface area contributed by atoms with Gasteiger partial charge in [0.15, 0.2) is 5.82 Å². The number of aromatic nitrogens is 1. The first-order valence-electron chi connectivity index (χ1n) is 7.09. The minimum Gasteiger partial charge on any atom is -0.337 e. The molecule has 1 unspecified atom stereocenters. The normalized spacial score (nSPS) is 24.1. The molecule has 3 rings (SSSR count). The summed E-state index contributed by atoms with van der Waals surface area (Å²) < 4.78 is 13.6. The van der Waals surface area contributed by atoms with Gasteiger partial charge in [0.05, 0.1) is 11.8 Å². The van der Waals surface area contributed by atoms with Crippen LogP contribution in [-0.2, 0) is 0 Å². The maximum Gasteiger partial charge on any atom is 0.256 e. The Bertz CT molecular complexity index is 490. The van der Waals surface area contributed by atoms with E-state index in [-0.39, 0.29) is 11.5 Å². The number of rotatable bonds is 2. The lowest BCUT2D eigenvalue weighted by atomic mass is 10.2. The molecule has 2 aliphatic rings. The summed E-state index contributed by atoms with van der Waals surface area (Å²) in [6.45, 7) is 5.45. The maximum atomic E-state index is 13.6. The molecule has 2 fully saturated rings. The molecule has 2 saturated heterocycles. The lowest BCUT2D eigenvalue weighted by molar-refractivity contribution is 0.0768. The molecule has 0 aliphatic carbocycles. The van der Waals surface area contributed by atoms with Crippen molar-refractivity contribution in [2.45, 2.75) is 12.5 Å². The van der Waals surface area contributed by atoms with Crippen LogP contribution in [0.5, 0.6) is 0 Å². The van der Waals surface area contributed by atoms with Crippen LogP contribution in [0.15, 0.2) is 18.5 Å². The van der Waals surface area contributed by atoms with Gasteiger partial charge in [-0.3, -0.25) is 14.7 Å². The van der Waals surface area contributed by atoms with Gasteiger partial charge in [-0.1, -0.05) is 0 Å². The first-order valence-corrected chi connectivity index (χ1v) is 7.09. The Labute approximate surface area is 117 Å². The van der Waals surface area contributed by atoms with Crippen LogP contribution in [-0.4, -0.2) is 66.0 Å². The van der Waals surface area contributed by atoms with Gasteiger partial charge < -0.3 is 10.2 Å². The van der Waals surface area contributed by atoms with Crippen molar-refractivity contribution in [3.05, 3.63) is 29.8 Å². The fraction of sp³-hybridized carbons (Fsp3) is 0.571. The monoisotopic (exact) mass is 278 g/mol. The van der Waals surface area contributed by atoms with Crippen LogP contribution in [0.1, 0.15) is 16.8 Å². The molecule has 2 aliphatic heterocycles. The van der Waals surface area contributed by atoms with Crippen LogP contribution >= 0.6 is 0 Å². The number of likely N-dealkylation sites (tertiary alicyclic amines) is 1. The molecule has 1 N–H and O–H groups in total. The molecule has 1 aromatic rings. The molecule has 3 heterocycles. The first-order chi connectivity index (χ1) is 9.75. The highest BCUT2D eigenvalue weighted by Gasteiger charge is 2.32. The predicted octanol–water partition coefficient (Wildman–Crippen LogP) is 0.340. The Morgan fingerprint density at radius 1 is 1.35 bits per heavy atom. The van der Waals surface area contributed by atoms with E-state index in [1.54, 1.807) is 4.90 Å². The summed E-state index contributed by atoms with van der Waals surface area (Å²) >= 11 is 0. The molecule has 0 radical (unpaired) electrons. The summed E-state index contributed by atoms with van der Waals surface area (Å²) in [6, 6.07) is 1.86. The molecule has 1 atom stereocenters. The third-order valence-electron chi connectivity index (χ3n) is 4.12. The van der Waals surface area contributed by atoms with Crippen LogP contribution in [0.4, 0.5) is 4.39 Å². The van der Waals surface area contributed by atoms with Gasteiger partial charge in [-0.05, 0) is 12.5 Å². The topological polar surface area (TPSA) is 48.5 Å². The maximum absolute atomic E-state index is 13.6. The van der Waals surface area contributed by atoms with Gasteiger partial charge in [0, 0.05) is 51.5 Å². The lowest BCUT2D eigenvalue weighted by Gasteiger charge is -2.32. The summed E-state index contributed by atoms with van der Waals surface area (Å²) in [4.78, 5) is 20.2. The third-order valence-corrected chi connectivity index (χ3v) is 4.12. The number of nitrogens with one attached hydrogen (secondary N) is 1. The van der Waals surface area contributed by atoms with E-state index in [2.05, 4.69) is 15.2 Å². The Balaban J connectivity index is 1.65. The highest BCUT2D eigenvalue weighted by atomic mass is 19.1.